The minimum Gasteiger partial charge on any atom is -0.507 e. The number of ether oxygens (including phenoxy) is 2. The minimum absolute atomic E-state index is 0.0906. The predicted octanol–water partition coefficient (Wildman–Crippen LogP) is 2.84. The van der Waals surface area contributed by atoms with Crippen LogP contribution in [0.5, 0.6) is 17.2 Å². The van der Waals surface area contributed by atoms with Crippen molar-refractivity contribution in [3.05, 3.63) is 66.2 Å². The van der Waals surface area contributed by atoms with Gasteiger partial charge in [0.05, 0.1) is 6.21 Å². The normalized spacial score (nSPS) is 15.9. The van der Waals surface area contributed by atoms with E-state index in [0.717, 1.165) is 10.8 Å². The maximum absolute atomic E-state index is 12.3. The highest BCUT2D eigenvalue weighted by molar-refractivity contribution is 6.02. The Bertz CT molecular complexity index is 1000. The van der Waals surface area contributed by atoms with Gasteiger partial charge in [-0.05, 0) is 29.0 Å². The molecule has 6 nitrogen and oxygen atoms in total. The number of hydrogen-bond donors (Lipinski definition) is 2. The van der Waals surface area contributed by atoms with Crippen LogP contribution < -0.4 is 14.9 Å². The summed E-state index contributed by atoms with van der Waals surface area (Å²) in [4.78, 5) is 12.3. The third kappa shape index (κ3) is 3.04. The number of hydrazone groups is 1. The molecule has 0 aromatic heterocycles. The smallest absolute Gasteiger partial charge is 0.284 e. The summed E-state index contributed by atoms with van der Waals surface area (Å²) in [5, 5.41) is 15.9. The van der Waals surface area contributed by atoms with Crippen LogP contribution in [0, 0.1) is 0 Å². The molecular weight excluding hydrogens is 332 g/mol. The van der Waals surface area contributed by atoms with Crippen molar-refractivity contribution in [3.8, 4) is 17.2 Å². The van der Waals surface area contributed by atoms with E-state index in [1.54, 1.807) is 18.2 Å². The summed E-state index contributed by atoms with van der Waals surface area (Å²) < 4.78 is 11.2. The first-order valence-corrected chi connectivity index (χ1v) is 8.14. The molecule has 1 unspecified atom stereocenters. The number of nitrogens with one attached hydrogen (secondary N) is 1. The lowest BCUT2D eigenvalue weighted by atomic mass is 10.0. The average Bonchev–Trinajstić information content (AvgIpc) is 2.69. The zero-order valence-corrected chi connectivity index (χ0v) is 13.8. The molecule has 0 spiro atoms. The number of fused-ring (bicyclic) bond motifs is 2. The number of aromatic hydroxyl groups is 1. The molecule has 0 radical (unpaired) electrons. The quantitative estimate of drug-likeness (QED) is 0.563. The minimum atomic E-state index is -0.789. The third-order valence-electron chi connectivity index (χ3n) is 4.12. The molecule has 2 N–H and O–H groups in total. The molecule has 1 aliphatic heterocycles. The largest absolute Gasteiger partial charge is 0.507 e. The number of rotatable bonds is 3. The summed E-state index contributed by atoms with van der Waals surface area (Å²) in [5.74, 6) is 0.804. The number of benzene rings is 3. The fraction of sp³-hybridized carbons (Fsp3) is 0.100. The van der Waals surface area contributed by atoms with E-state index in [9.17, 15) is 9.90 Å². The van der Waals surface area contributed by atoms with Gasteiger partial charge in [0.15, 0.2) is 11.5 Å². The summed E-state index contributed by atoms with van der Waals surface area (Å²) in [5.41, 5.74) is 2.97. The van der Waals surface area contributed by atoms with Crippen LogP contribution in [0.2, 0.25) is 0 Å². The Morgan fingerprint density at radius 1 is 1.08 bits per heavy atom. The first-order chi connectivity index (χ1) is 12.7. The number of carbonyl (C=O) groups is 1. The van der Waals surface area contributed by atoms with Crippen LogP contribution in [0.4, 0.5) is 0 Å². The lowest BCUT2D eigenvalue weighted by Crippen LogP contribution is -2.42. The van der Waals surface area contributed by atoms with Crippen LogP contribution in [-0.2, 0) is 4.79 Å². The Morgan fingerprint density at radius 3 is 2.73 bits per heavy atom. The number of phenolic OH excluding ortho intramolecular Hbond substituents is 1. The van der Waals surface area contributed by atoms with Gasteiger partial charge in [-0.15, -0.1) is 0 Å². The van der Waals surface area contributed by atoms with Gasteiger partial charge in [-0.1, -0.05) is 42.5 Å². The van der Waals surface area contributed by atoms with Gasteiger partial charge in [-0.25, -0.2) is 5.43 Å². The molecule has 0 saturated heterocycles. The molecule has 4 rings (SSSR count). The molecule has 130 valence electrons. The highest BCUT2D eigenvalue weighted by Crippen LogP contribution is 2.31. The fourth-order valence-electron chi connectivity index (χ4n) is 2.80. The predicted molar refractivity (Wildman–Crippen MR) is 97.7 cm³/mol. The second-order valence-corrected chi connectivity index (χ2v) is 5.82. The Balaban J connectivity index is 1.48. The molecule has 1 heterocycles. The zero-order valence-electron chi connectivity index (χ0n) is 13.8. The van der Waals surface area contributed by atoms with Crippen molar-refractivity contribution >= 4 is 22.9 Å². The number of hydrogen-bond acceptors (Lipinski definition) is 5. The van der Waals surface area contributed by atoms with Gasteiger partial charge in [0, 0.05) is 5.56 Å². The topological polar surface area (TPSA) is 80.2 Å². The lowest BCUT2D eigenvalue weighted by molar-refractivity contribution is -0.130. The molecule has 3 aromatic carbocycles. The van der Waals surface area contributed by atoms with Gasteiger partial charge in [-0.2, -0.15) is 5.10 Å². The van der Waals surface area contributed by atoms with Crippen molar-refractivity contribution in [2.24, 2.45) is 5.10 Å². The molecule has 1 amide bonds. The maximum atomic E-state index is 12.3. The Kier molecular flexibility index (Phi) is 4.15. The van der Waals surface area contributed by atoms with E-state index in [1.165, 1.54) is 6.21 Å². The molecule has 6 heteroatoms. The van der Waals surface area contributed by atoms with Crippen molar-refractivity contribution in [2.45, 2.75) is 6.10 Å². The van der Waals surface area contributed by atoms with E-state index in [4.69, 9.17) is 9.47 Å². The molecule has 1 atom stereocenters. The van der Waals surface area contributed by atoms with Gasteiger partial charge in [0.2, 0.25) is 6.10 Å². The second-order valence-electron chi connectivity index (χ2n) is 5.82. The molecular formula is C20H16N2O4. The van der Waals surface area contributed by atoms with Crippen molar-refractivity contribution in [2.75, 3.05) is 6.61 Å². The molecule has 0 aliphatic carbocycles. The number of para-hydroxylation sites is 2. The van der Waals surface area contributed by atoms with Crippen molar-refractivity contribution in [3.63, 3.8) is 0 Å². The highest BCUT2D eigenvalue weighted by atomic mass is 16.6. The van der Waals surface area contributed by atoms with Gasteiger partial charge in [-0.3, -0.25) is 4.79 Å². The van der Waals surface area contributed by atoms with E-state index in [0.29, 0.717) is 17.1 Å². The van der Waals surface area contributed by atoms with E-state index in [-0.39, 0.29) is 12.4 Å². The second kappa shape index (κ2) is 6.76. The Hall–Kier alpha value is -3.54. The van der Waals surface area contributed by atoms with Gasteiger partial charge in [0.1, 0.15) is 12.4 Å². The molecule has 0 fully saturated rings. The van der Waals surface area contributed by atoms with Crippen LogP contribution in [0.15, 0.2) is 65.8 Å². The van der Waals surface area contributed by atoms with Gasteiger partial charge >= 0.3 is 0 Å². The SMILES string of the molecule is O=C(N/N=C/c1c(O)ccc2ccccc12)C1COc2ccccc2O1. The van der Waals surface area contributed by atoms with E-state index in [2.05, 4.69) is 10.5 Å². The van der Waals surface area contributed by atoms with Crippen LogP contribution in [0.3, 0.4) is 0 Å². The van der Waals surface area contributed by atoms with Crippen molar-refractivity contribution in [1.29, 1.82) is 0 Å². The average molecular weight is 348 g/mol. The van der Waals surface area contributed by atoms with Crippen LogP contribution in [0.1, 0.15) is 5.56 Å². The van der Waals surface area contributed by atoms with Crippen LogP contribution >= 0.6 is 0 Å². The van der Waals surface area contributed by atoms with Crippen LogP contribution in [-0.4, -0.2) is 29.9 Å². The molecule has 1 aliphatic rings. The summed E-state index contributed by atoms with van der Waals surface area (Å²) in [6.45, 7) is 0.109. The maximum Gasteiger partial charge on any atom is 0.284 e. The van der Waals surface area contributed by atoms with Gasteiger partial charge in [0.25, 0.3) is 5.91 Å². The Labute approximate surface area is 149 Å². The van der Waals surface area contributed by atoms with E-state index >= 15 is 0 Å². The fourth-order valence-corrected chi connectivity index (χ4v) is 2.80. The summed E-state index contributed by atoms with van der Waals surface area (Å²) in [6.07, 6.45) is 0.635. The van der Waals surface area contributed by atoms with E-state index in [1.807, 2.05) is 42.5 Å². The first kappa shape index (κ1) is 16.0. The van der Waals surface area contributed by atoms with Crippen molar-refractivity contribution < 1.29 is 19.4 Å². The third-order valence-corrected chi connectivity index (χ3v) is 4.12. The number of carbonyl (C=O) groups excluding carboxylic acids is 1. The zero-order chi connectivity index (χ0) is 17.9. The molecule has 0 bridgehead atoms. The highest BCUT2D eigenvalue weighted by Gasteiger charge is 2.27. The molecule has 0 saturated carbocycles. The summed E-state index contributed by atoms with van der Waals surface area (Å²) >= 11 is 0. The first-order valence-electron chi connectivity index (χ1n) is 8.14. The van der Waals surface area contributed by atoms with Crippen molar-refractivity contribution in [1.82, 2.24) is 5.43 Å². The summed E-state index contributed by atoms with van der Waals surface area (Å²) in [6, 6.07) is 18.2. The monoisotopic (exact) mass is 348 g/mol. The number of nitrogens with zero attached hydrogens (tertiary/aromatic N) is 1. The molecule has 3 aromatic rings. The lowest BCUT2D eigenvalue weighted by Gasteiger charge is -2.24. The van der Waals surface area contributed by atoms with Gasteiger partial charge < -0.3 is 14.6 Å². The standard InChI is InChI=1S/C20H16N2O4/c23-16-10-9-13-5-1-2-6-14(13)15(16)11-21-22-20(24)19-12-25-17-7-3-4-8-18(17)26-19/h1-11,19,23H,12H2,(H,22,24)/b21-11+. The van der Waals surface area contributed by atoms with Crippen LogP contribution in [0.25, 0.3) is 10.8 Å². The summed E-state index contributed by atoms with van der Waals surface area (Å²) in [7, 11) is 0. The number of amides is 1. The Morgan fingerprint density at radius 2 is 1.85 bits per heavy atom. The number of phenols is 1. The molecule has 26 heavy (non-hydrogen) atoms. The van der Waals surface area contributed by atoms with E-state index < -0.39 is 12.0 Å².